The zero-order valence-corrected chi connectivity index (χ0v) is 19.1. The van der Waals surface area contributed by atoms with Crippen LogP contribution in [-0.4, -0.2) is 55.6 Å². The SMILES string of the molecule is CSC(=Nc1cccc(S(=O)(=O)NC2CCN(C(=O)OC(C)(C)C)CC2)c1)NC#N. The summed E-state index contributed by atoms with van der Waals surface area (Å²) in [5, 5.41) is 11.5. The summed E-state index contributed by atoms with van der Waals surface area (Å²) >= 11 is 1.25. The highest BCUT2D eigenvalue weighted by molar-refractivity contribution is 8.13. The maximum absolute atomic E-state index is 12.8. The molecule has 0 aliphatic carbocycles. The van der Waals surface area contributed by atoms with Crippen molar-refractivity contribution in [1.82, 2.24) is 14.9 Å². The quantitative estimate of drug-likeness (QED) is 0.311. The molecule has 1 fully saturated rings. The number of hydrogen-bond donors (Lipinski definition) is 2. The molecule has 30 heavy (non-hydrogen) atoms. The van der Waals surface area contributed by atoms with Crippen LogP contribution in [-0.2, 0) is 14.8 Å². The summed E-state index contributed by atoms with van der Waals surface area (Å²) < 4.78 is 33.7. The van der Waals surface area contributed by atoms with Crippen LogP contribution in [0.2, 0.25) is 0 Å². The van der Waals surface area contributed by atoms with E-state index < -0.39 is 15.6 Å². The molecule has 1 heterocycles. The van der Waals surface area contributed by atoms with Crippen molar-refractivity contribution in [3.63, 3.8) is 0 Å². The number of likely N-dealkylation sites (tertiary alicyclic amines) is 1. The van der Waals surface area contributed by atoms with E-state index in [2.05, 4.69) is 15.0 Å². The zero-order chi connectivity index (χ0) is 22.4. The van der Waals surface area contributed by atoms with Gasteiger partial charge in [-0.2, -0.15) is 5.26 Å². The first-order valence-corrected chi connectivity index (χ1v) is 12.1. The van der Waals surface area contributed by atoms with Gasteiger partial charge in [0.15, 0.2) is 11.4 Å². The molecule has 0 aromatic heterocycles. The van der Waals surface area contributed by atoms with Crippen LogP contribution in [0, 0.1) is 11.5 Å². The number of amides is 1. The summed E-state index contributed by atoms with van der Waals surface area (Å²) in [6, 6.07) is 5.93. The van der Waals surface area contributed by atoms with Gasteiger partial charge in [0.2, 0.25) is 10.0 Å². The van der Waals surface area contributed by atoms with E-state index in [9.17, 15) is 13.2 Å². The van der Waals surface area contributed by atoms with Gasteiger partial charge in [0, 0.05) is 19.1 Å². The number of nitriles is 1. The molecule has 0 radical (unpaired) electrons. The smallest absolute Gasteiger partial charge is 0.410 e. The molecule has 0 atom stereocenters. The van der Waals surface area contributed by atoms with Crippen LogP contribution in [0.25, 0.3) is 0 Å². The molecule has 1 aliphatic heterocycles. The molecule has 0 unspecified atom stereocenters. The molecular formula is C19H27N5O4S2. The Morgan fingerprint density at radius 2 is 2.00 bits per heavy atom. The standard InChI is InChI=1S/C19H27N5O4S2/c1-19(2,3)28-18(25)24-10-8-14(9-11-24)23-30(26,27)16-7-5-6-15(12-16)22-17(29-4)21-13-20/h5-7,12,14,23H,8-11H2,1-4H3,(H,21,22). The lowest BCUT2D eigenvalue weighted by molar-refractivity contribution is 0.0203. The Labute approximate surface area is 181 Å². The number of carbonyl (C=O) groups excluding carboxylic acids is 1. The second-order valence-corrected chi connectivity index (χ2v) is 10.2. The number of amidine groups is 1. The molecule has 2 N–H and O–H groups in total. The number of hydrogen-bond acceptors (Lipinski definition) is 7. The zero-order valence-electron chi connectivity index (χ0n) is 17.5. The Balaban J connectivity index is 2.02. The van der Waals surface area contributed by atoms with E-state index in [1.165, 1.54) is 23.9 Å². The first kappa shape index (κ1) is 24.0. The molecule has 164 valence electrons. The number of nitrogens with zero attached hydrogens (tertiary/aromatic N) is 3. The Bertz CT molecular complexity index is 927. The van der Waals surface area contributed by atoms with Crippen molar-refractivity contribution in [3.05, 3.63) is 24.3 Å². The van der Waals surface area contributed by atoms with E-state index in [0.717, 1.165) is 0 Å². The highest BCUT2D eigenvalue weighted by Crippen LogP contribution is 2.21. The number of carbonyl (C=O) groups is 1. The van der Waals surface area contributed by atoms with E-state index in [-0.39, 0.29) is 17.0 Å². The van der Waals surface area contributed by atoms with Crippen LogP contribution in [0.3, 0.4) is 0 Å². The fourth-order valence-corrected chi connectivity index (χ4v) is 4.49. The predicted octanol–water partition coefficient (Wildman–Crippen LogP) is 2.79. The predicted molar refractivity (Wildman–Crippen MR) is 117 cm³/mol. The molecule has 11 heteroatoms. The lowest BCUT2D eigenvalue weighted by Gasteiger charge is -2.33. The van der Waals surface area contributed by atoms with Gasteiger partial charge in [-0.3, -0.25) is 5.32 Å². The molecule has 0 bridgehead atoms. The number of piperidine rings is 1. The average molecular weight is 454 g/mol. The van der Waals surface area contributed by atoms with Crippen LogP contribution in [0.4, 0.5) is 10.5 Å². The molecule has 1 aromatic rings. The van der Waals surface area contributed by atoms with Crippen LogP contribution in [0.15, 0.2) is 34.2 Å². The number of benzene rings is 1. The number of rotatable bonds is 4. The first-order valence-electron chi connectivity index (χ1n) is 9.42. The summed E-state index contributed by atoms with van der Waals surface area (Å²) in [4.78, 5) is 18.1. The van der Waals surface area contributed by atoms with Gasteiger partial charge in [-0.05, 0) is 58.1 Å². The molecule has 1 aliphatic rings. The van der Waals surface area contributed by atoms with Crippen molar-refractivity contribution in [3.8, 4) is 6.19 Å². The van der Waals surface area contributed by atoms with E-state index in [0.29, 0.717) is 36.8 Å². The van der Waals surface area contributed by atoms with Gasteiger partial charge in [-0.25, -0.2) is 22.9 Å². The lowest BCUT2D eigenvalue weighted by atomic mass is 10.1. The van der Waals surface area contributed by atoms with E-state index in [4.69, 9.17) is 10.00 Å². The summed E-state index contributed by atoms with van der Waals surface area (Å²) in [5.74, 6) is 0. The van der Waals surface area contributed by atoms with Gasteiger partial charge in [-0.15, -0.1) is 0 Å². The highest BCUT2D eigenvalue weighted by atomic mass is 32.2. The Morgan fingerprint density at radius 3 is 2.57 bits per heavy atom. The maximum Gasteiger partial charge on any atom is 0.410 e. The summed E-state index contributed by atoms with van der Waals surface area (Å²) in [6.07, 6.45) is 4.17. The van der Waals surface area contributed by atoms with Crippen molar-refractivity contribution < 1.29 is 17.9 Å². The third-order valence-corrected chi connectivity index (χ3v) is 6.28. The van der Waals surface area contributed by atoms with Crippen molar-refractivity contribution >= 4 is 38.7 Å². The van der Waals surface area contributed by atoms with Gasteiger partial charge in [-0.1, -0.05) is 17.8 Å². The van der Waals surface area contributed by atoms with Crippen LogP contribution in [0.5, 0.6) is 0 Å². The molecule has 0 spiro atoms. The van der Waals surface area contributed by atoms with Crippen LogP contribution in [0.1, 0.15) is 33.6 Å². The third-order valence-electron chi connectivity index (χ3n) is 4.18. The average Bonchev–Trinajstić information content (AvgIpc) is 2.67. The Hall–Kier alpha value is -2.29. The largest absolute Gasteiger partial charge is 0.444 e. The minimum atomic E-state index is -3.75. The number of aliphatic imine (C=N–C) groups is 1. The molecule has 1 aromatic carbocycles. The van der Waals surface area contributed by atoms with Crippen LogP contribution >= 0.6 is 11.8 Å². The Kier molecular flexibility index (Phi) is 8.11. The van der Waals surface area contributed by atoms with Crippen molar-refractivity contribution in [1.29, 1.82) is 5.26 Å². The number of nitrogens with one attached hydrogen (secondary N) is 2. The fourth-order valence-electron chi connectivity index (χ4n) is 2.80. The first-order chi connectivity index (χ1) is 14.0. The van der Waals surface area contributed by atoms with Crippen molar-refractivity contribution in [2.75, 3.05) is 19.3 Å². The topological polar surface area (TPSA) is 124 Å². The summed E-state index contributed by atoms with van der Waals surface area (Å²) in [6.45, 7) is 6.26. The van der Waals surface area contributed by atoms with Crippen LogP contribution < -0.4 is 10.0 Å². The molecule has 0 saturated carbocycles. The highest BCUT2D eigenvalue weighted by Gasteiger charge is 2.29. The monoisotopic (exact) mass is 453 g/mol. The second kappa shape index (κ2) is 10.1. The minimum Gasteiger partial charge on any atom is -0.444 e. The fraction of sp³-hybridized carbons (Fsp3) is 0.526. The molecule has 1 saturated heterocycles. The molecule has 2 rings (SSSR count). The maximum atomic E-state index is 12.8. The van der Waals surface area contributed by atoms with Gasteiger partial charge < -0.3 is 9.64 Å². The van der Waals surface area contributed by atoms with Crippen molar-refractivity contribution in [2.45, 2.75) is 50.2 Å². The van der Waals surface area contributed by atoms with Gasteiger partial charge in [0.25, 0.3) is 0 Å². The van der Waals surface area contributed by atoms with E-state index >= 15 is 0 Å². The van der Waals surface area contributed by atoms with Gasteiger partial charge >= 0.3 is 6.09 Å². The summed E-state index contributed by atoms with van der Waals surface area (Å²) in [7, 11) is -3.75. The number of sulfonamides is 1. The van der Waals surface area contributed by atoms with Crippen molar-refractivity contribution in [2.24, 2.45) is 4.99 Å². The van der Waals surface area contributed by atoms with E-state index in [1.54, 1.807) is 29.5 Å². The van der Waals surface area contributed by atoms with Gasteiger partial charge in [0.1, 0.15) is 5.60 Å². The molecular weight excluding hydrogens is 426 g/mol. The molecule has 1 amide bonds. The number of ether oxygens (including phenoxy) is 1. The second-order valence-electron chi connectivity index (χ2n) is 7.72. The van der Waals surface area contributed by atoms with Gasteiger partial charge in [0.05, 0.1) is 10.6 Å². The van der Waals surface area contributed by atoms with E-state index in [1.807, 2.05) is 20.8 Å². The lowest BCUT2D eigenvalue weighted by Crippen LogP contribution is -2.47. The summed E-state index contributed by atoms with van der Waals surface area (Å²) in [5.41, 5.74) is -0.146. The third kappa shape index (κ3) is 7.19. The number of thioether (sulfide) groups is 1. The minimum absolute atomic E-state index is 0.0933. The molecule has 9 nitrogen and oxygen atoms in total. The Morgan fingerprint density at radius 1 is 1.33 bits per heavy atom. The normalized spacial score (nSPS) is 16.1.